The highest BCUT2D eigenvalue weighted by Crippen LogP contribution is 2.45. The lowest BCUT2D eigenvalue weighted by Gasteiger charge is -2.30. The molecule has 3 aromatic rings. The third-order valence-electron chi connectivity index (χ3n) is 7.28. The minimum absolute atomic E-state index is 0.000294. The van der Waals surface area contributed by atoms with Crippen molar-refractivity contribution in [1.82, 2.24) is 9.88 Å². The Morgan fingerprint density at radius 1 is 1.12 bits per heavy atom. The topological polar surface area (TPSA) is 82.6 Å². The van der Waals surface area contributed by atoms with Crippen LogP contribution < -0.4 is 4.74 Å². The lowest BCUT2D eigenvalue weighted by molar-refractivity contribution is -0.141. The molecule has 6 heteroatoms. The van der Waals surface area contributed by atoms with Crippen LogP contribution in [0.3, 0.4) is 0 Å². The van der Waals surface area contributed by atoms with E-state index in [0.29, 0.717) is 5.56 Å². The third kappa shape index (κ3) is 3.08. The summed E-state index contributed by atoms with van der Waals surface area (Å²) in [6.45, 7) is 2.00. The minimum atomic E-state index is -0.618. The first kappa shape index (κ1) is 20.1. The molecule has 2 aliphatic heterocycles. The zero-order valence-electron chi connectivity index (χ0n) is 18.5. The van der Waals surface area contributed by atoms with Gasteiger partial charge in [0.15, 0.2) is 0 Å². The predicted molar refractivity (Wildman–Crippen MR) is 125 cm³/mol. The number of likely N-dealkylation sites (tertiary alicyclic amines) is 1. The Bertz CT molecular complexity index is 1310. The minimum Gasteiger partial charge on any atom is -0.507 e. The molecule has 1 saturated heterocycles. The zero-order chi connectivity index (χ0) is 22.7. The number of rotatable bonds is 3. The van der Waals surface area contributed by atoms with Crippen LogP contribution in [0.5, 0.6) is 5.75 Å². The number of para-hydroxylation sites is 1. The number of aliphatic hydroxyl groups is 1. The molecule has 6 rings (SSSR count). The smallest absolute Gasteiger partial charge is 0.295 e. The van der Waals surface area contributed by atoms with Gasteiger partial charge in [0.2, 0.25) is 0 Å². The number of nitrogens with one attached hydrogen (secondary N) is 1. The van der Waals surface area contributed by atoms with E-state index in [1.807, 2.05) is 49.5 Å². The summed E-state index contributed by atoms with van der Waals surface area (Å²) >= 11 is 0. The Morgan fingerprint density at radius 2 is 1.91 bits per heavy atom. The number of aliphatic hydroxyl groups excluding tert-OH is 1. The predicted octanol–water partition coefficient (Wildman–Crippen LogP) is 4.86. The number of Topliss-reactive ketones (excluding diaryl/α,β-unsaturated/α-hetero) is 1. The van der Waals surface area contributed by atoms with Crippen LogP contribution in [0, 0.1) is 0 Å². The van der Waals surface area contributed by atoms with Crippen molar-refractivity contribution in [3.8, 4) is 5.75 Å². The van der Waals surface area contributed by atoms with Crippen LogP contribution in [-0.2, 0) is 16.0 Å². The van der Waals surface area contributed by atoms with Crippen molar-refractivity contribution in [2.75, 3.05) is 0 Å². The normalized spacial score (nSPS) is 24.6. The van der Waals surface area contributed by atoms with E-state index in [1.54, 1.807) is 11.0 Å². The second-order valence-electron chi connectivity index (χ2n) is 9.39. The number of hydrogen-bond acceptors (Lipinski definition) is 4. The van der Waals surface area contributed by atoms with E-state index in [4.69, 9.17) is 4.74 Å². The van der Waals surface area contributed by atoms with Gasteiger partial charge in [-0.3, -0.25) is 9.59 Å². The van der Waals surface area contributed by atoms with Crippen molar-refractivity contribution < 1.29 is 19.4 Å². The van der Waals surface area contributed by atoms with Crippen LogP contribution >= 0.6 is 0 Å². The highest BCUT2D eigenvalue weighted by Gasteiger charge is 2.49. The molecule has 2 fully saturated rings. The van der Waals surface area contributed by atoms with Gasteiger partial charge in [-0.15, -0.1) is 0 Å². The number of H-pyrrole nitrogens is 1. The van der Waals surface area contributed by atoms with E-state index in [1.165, 1.54) is 0 Å². The average Bonchev–Trinajstić information content (AvgIpc) is 3.59. The van der Waals surface area contributed by atoms with Crippen LogP contribution in [0.1, 0.15) is 55.3 Å². The van der Waals surface area contributed by atoms with Gasteiger partial charge in [0, 0.05) is 40.7 Å². The molecule has 2 atom stereocenters. The van der Waals surface area contributed by atoms with Crippen molar-refractivity contribution in [1.29, 1.82) is 0 Å². The van der Waals surface area contributed by atoms with Crippen molar-refractivity contribution in [3.05, 3.63) is 70.9 Å². The van der Waals surface area contributed by atoms with E-state index in [0.717, 1.165) is 59.9 Å². The number of carbonyl (C=O) groups is 2. The molecule has 1 aliphatic carbocycles. The summed E-state index contributed by atoms with van der Waals surface area (Å²) in [5.41, 5.74) is 3.49. The molecule has 0 spiro atoms. The highest BCUT2D eigenvalue weighted by atomic mass is 16.5. The summed E-state index contributed by atoms with van der Waals surface area (Å²) in [6.07, 6.45) is 6.53. The lowest BCUT2D eigenvalue weighted by Crippen LogP contribution is -2.37. The molecule has 33 heavy (non-hydrogen) atoms. The SMILES string of the molecule is CC1Cc2cc(/C(O)=C3\C(=O)C(=O)N(C4CCCC4)C3c3c[nH]c4ccccc34)ccc2O1. The van der Waals surface area contributed by atoms with E-state index < -0.39 is 17.7 Å². The number of aromatic amines is 1. The number of ether oxygens (including phenoxy) is 1. The van der Waals surface area contributed by atoms with E-state index in [2.05, 4.69) is 4.98 Å². The molecule has 168 valence electrons. The molecular formula is C27H26N2O4. The van der Waals surface area contributed by atoms with Gasteiger partial charge in [-0.05, 0) is 49.6 Å². The van der Waals surface area contributed by atoms with Gasteiger partial charge in [0.1, 0.15) is 17.6 Å². The fourth-order valence-electron chi connectivity index (χ4n) is 5.76. The van der Waals surface area contributed by atoms with Crippen LogP contribution in [0.2, 0.25) is 0 Å². The second kappa shape index (κ2) is 7.51. The number of amides is 1. The standard InChI is InChI=1S/C27H26N2O4/c1-15-12-17-13-16(10-11-22(17)33-15)25(30)23-24(20-14-28-21-9-5-4-8-19(20)21)29(27(32)26(23)31)18-6-2-3-7-18/h4-5,8-11,13-15,18,24,28,30H,2-3,6-7,12H2,1H3/b25-23+. The number of hydrogen-bond donors (Lipinski definition) is 2. The quantitative estimate of drug-likeness (QED) is 0.345. The number of ketones is 1. The number of fused-ring (bicyclic) bond motifs is 2. The Balaban J connectivity index is 1.54. The molecule has 0 bridgehead atoms. The third-order valence-corrected chi connectivity index (χ3v) is 7.28. The van der Waals surface area contributed by atoms with Gasteiger partial charge in [0.25, 0.3) is 11.7 Å². The first-order valence-electron chi connectivity index (χ1n) is 11.7. The molecule has 1 saturated carbocycles. The summed E-state index contributed by atoms with van der Waals surface area (Å²) in [5.74, 6) is -0.443. The molecule has 0 radical (unpaired) electrons. The number of carbonyl (C=O) groups excluding carboxylic acids is 2. The maximum absolute atomic E-state index is 13.4. The summed E-state index contributed by atoms with van der Waals surface area (Å²) in [7, 11) is 0. The van der Waals surface area contributed by atoms with E-state index in [9.17, 15) is 14.7 Å². The van der Waals surface area contributed by atoms with Crippen LogP contribution in [0.25, 0.3) is 16.7 Å². The fourth-order valence-corrected chi connectivity index (χ4v) is 5.76. The highest BCUT2D eigenvalue weighted by molar-refractivity contribution is 6.46. The Hall–Kier alpha value is -3.54. The van der Waals surface area contributed by atoms with Gasteiger partial charge >= 0.3 is 0 Å². The zero-order valence-corrected chi connectivity index (χ0v) is 18.5. The number of benzene rings is 2. The Kier molecular flexibility index (Phi) is 4.57. The fraction of sp³-hybridized carbons (Fsp3) is 0.333. The van der Waals surface area contributed by atoms with Gasteiger partial charge in [-0.1, -0.05) is 31.0 Å². The maximum Gasteiger partial charge on any atom is 0.295 e. The molecule has 2 N–H and O–H groups in total. The Labute approximate surface area is 191 Å². The monoisotopic (exact) mass is 442 g/mol. The van der Waals surface area contributed by atoms with Gasteiger partial charge in [-0.25, -0.2) is 0 Å². The van der Waals surface area contributed by atoms with Crippen LogP contribution in [0.15, 0.2) is 54.2 Å². The summed E-state index contributed by atoms with van der Waals surface area (Å²) in [5, 5.41) is 12.4. The lowest BCUT2D eigenvalue weighted by atomic mass is 9.93. The Morgan fingerprint density at radius 3 is 2.73 bits per heavy atom. The van der Waals surface area contributed by atoms with Crippen molar-refractivity contribution >= 4 is 28.4 Å². The van der Waals surface area contributed by atoms with E-state index in [-0.39, 0.29) is 23.5 Å². The molecule has 1 aromatic heterocycles. The van der Waals surface area contributed by atoms with Crippen LogP contribution in [-0.4, -0.2) is 38.8 Å². The first-order chi connectivity index (χ1) is 16.0. The average molecular weight is 443 g/mol. The first-order valence-corrected chi connectivity index (χ1v) is 11.7. The van der Waals surface area contributed by atoms with Crippen LogP contribution in [0.4, 0.5) is 0 Å². The molecule has 6 nitrogen and oxygen atoms in total. The van der Waals surface area contributed by atoms with Crippen molar-refractivity contribution in [3.63, 3.8) is 0 Å². The molecule has 1 amide bonds. The maximum atomic E-state index is 13.4. The molecule has 3 aliphatic rings. The largest absolute Gasteiger partial charge is 0.507 e. The van der Waals surface area contributed by atoms with Gasteiger partial charge in [0.05, 0.1) is 11.6 Å². The number of nitrogens with zero attached hydrogens (tertiary/aromatic N) is 1. The molecule has 2 aromatic carbocycles. The molecule has 3 heterocycles. The number of aromatic nitrogens is 1. The van der Waals surface area contributed by atoms with Gasteiger partial charge in [-0.2, -0.15) is 0 Å². The summed E-state index contributed by atoms with van der Waals surface area (Å²) < 4.78 is 5.79. The van der Waals surface area contributed by atoms with Crippen molar-refractivity contribution in [2.24, 2.45) is 0 Å². The summed E-state index contributed by atoms with van der Waals surface area (Å²) in [6, 6.07) is 12.7. The second-order valence-corrected chi connectivity index (χ2v) is 9.39. The van der Waals surface area contributed by atoms with Gasteiger partial charge < -0.3 is 19.7 Å². The molecular weight excluding hydrogens is 416 g/mol. The summed E-state index contributed by atoms with van der Waals surface area (Å²) in [4.78, 5) is 31.7. The van der Waals surface area contributed by atoms with E-state index >= 15 is 0 Å². The molecule has 2 unspecified atom stereocenters. The van der Waals surface area contributed by atoms with Crippen molar-refractivity contribution in [2.45, 2.75) is 57.2 Å².